The summed E-state index contributed by atoms with van der Waals surface area (Å²) in [5.74, 6) is 1.44. The molecule has 17 heavy (non-hydrogen) atoms. The lowest BCUT2D eigenvalue weighted by atomic mass is 10.0. The van der Waals surface area contributed by atoms with Crippen molar-refractivity contribution in [2.45, 2.75) is 19.4 Å². The van der Waals surface area contributed by atoms with Gasteiger partial charge < -0.3 is 19.9 Å². The maximum absolute atomic E-state index is 9.10. The minimum absolute atomic E-state index is 0.0787. The first-order valence-corrected chi connectivity index (χ1v) is 5.83. The number of hydrogen-bond donors (Lipinski definition) is 2. The van der Waals surface area contributed by atoms with Gasteiger partial charge >= 0.3 is 0 Å². The molecule has 0 aliphatic heterocycles. The standard InChI is InChI=1S/C13H21NO3/c1-4-14-11(8-9-15)10-6-5-7-12(16-2)13(10)17-3/h5-7,11,14-15H,4,8-9H2,1-3H3. The van der Waals surface area contributed by atoms with Crippen LogP contribution in [0.5, 0.6) is 11.5 Å². The van der Waals surface area contributed by atoms with E-state index in [-0.39, 0.29) is 12.6 Å². The number of hydrogen-bond acceptors (Lipinski definition) is 4. The minimum atomic E-state index is 0.0787. The van der Waals surface area contributed by atoms with Crippen molar-refractivity contribution in [1.82, 2.24) is 5.32 Å². The van der Waals surface area contributed by atoms with Crippen molar-refractivity contribution in [3.05, 3.63) is 23.8 Å². The maximum atomic E-state index is 9.10. The molecule has 0 saturated heterocycles. The summed E-state index contributed by atoms with van der Waals surface area (Å²) in [4.78, 5) is 0. The van der Waals surface area contributed by atoms with Crippen LogP contribution in [0.15, 0.2) is 18.2 Å². The van der Waals surface area contributed by atoms with E-state index in [4.69, 9.17) is 14.6 Å². The molecule has 2 N–H and O–H groups in total. The fraction of sp³-hybridized carbons (Fsp3) is 0.538. The van der Waals surface area contributed by atoms with Crippen molar-refractivity contribution < 1.29 is 14.6 Å². The smallest absolute Gasteiger partial charge is 0.165 e. The largest absolute Gasteiger partial charge is 0.493 e. The molecule has 96 valence electrons. The zero-order valence-corrected chi connectivity index (χ0v) is 10.7. The van der Waals surface area contributed by atoms with E-state index in [1.807, 2.05) is 25.1 Å². The summed E-state index contributed by atoms with van der Waals surface area (Å²) in [7, 11) is 3.25. The number of methoxy groups -OCH3 is 2. The summed E-state index contributed by atoms with van der Waals surface area (Å²) in [5.41, 5.74) is 1.02. The molecule has 1 aromatic carbocycles. The molecule has 1 rings (SSSR count). The number of nitrogens with one attached hydrogen (secondary N) is 1. The summed E-state index contributed by atoms with van der Waals surface area (Å²) in [6, 6.07) is 5.86. The van der Waals surface area contributed by atoms with Crippen LogP contribution in [0.25, 0.3) is 0 Å². The molecule has 0 spiro atoms. The Labute approximate surface area is 103 Å². The van der Waals surface area contributed by atoms with Gasteiger partial charge in [-0.15, -0.1) is 0 Å². The van der Waals surface area contributed by atoms with Gasteiger partial charge in [-0.05, 0) is 19.0 Å². The van der Waals surface area contributed by atoms with Crippen LogP contribution in [0.1, 0.15) is 24.9 Å². The van der Waals surface area contributed by atoms with E-state index in [1.165, 1.54) is 0 Å². The highest BCUT2D eigenvalue weighted by atomic mass is 16.5. The number of ether oxygens (including phenoxy) is 2. The van der Waals surface area contributed by atoms with Crippen molar-refractivity contribution >= 4 is 0 Å². The van der Waals surface area contributed by atoms with Crippen LogP contribution >= 0.6 is 0 Å². The zero-order chi connectivity index (χ0) is 12.7. The number of aliphatic hydroxyl groups excluding tert-OH is 1. The average molecular weight is 239 g/mol. The van der Waals surface area contributed by atoms with E-state index >= 15 is 0 Å². The first kappa shape index (κ1) is 13.8. The number of para-hydroxylation sites is 1. The molecule has 0 bridgehead atoms. The van der Waals surface area contributed by atoms with Crippen molar-refractivity contribution in [3.63, 3.8) is 0 Å². The van der Waals surface area contributed by atoms with Crippen LogP contribution in [-0.4, -0.2) is 32.5 Å². The van der Waals surface area contributed by atoms with Crippen molar-refractivity contribution in [1.29, 1.82) is 0 Å². The topological polar surface area (TPSA) is 50.7 Å². The van der Waals surface area contributed by atoms with Crippen LogP contribution in [0.4, 0.5) is 0 Å². The Morgan fingerprint density at radius 1 is 1.29 bits per heavy atom. The normalized spacial score (nSPS) is 12.2. The van der Waals surface area contributed by atoms with Gasteiger partial charge in [-0.2, -0.15) is 0 Å². The Bertz CT molecular complexity index is 335. The van der Waals surface area contributed by atoms with Crippen LogP contribution in [0.3, 0.4) is 0 Å². The maximum Gasteiger partial charge on any atom is 0.165 e. The van der Waals surface area contributed by atoms with Gasteiger partial charge in [0.2, 0.25) is 0 Å². The lowest BCUT2D eigenvalue weighted by Crippen LogP contribution is -2.22. The highest BCUT2D eigenvalue weighted by Gasteiger charge is 2.17. The van der Waals surface area contributed by atoms with Crippen LogP contribution in [-0.2, 0) is 0 Å². The number of rotatable bonds is 7. The second-order valence-corrected chi connectivity index (χ2v) is 3.71. The molecule has 0 radical (unpaired) electrons. The van der Waals surface area contributed by atoms with Crippen LogP contribution in [0, 0.1) is 0 Å². The molecule has 1 atom stereocenters. The summed E-state index contributed by atoms with van der Waals surface area (Å²) < 4.78 is 10.7. The molecule has 0 saturated carbocycles. The van der Waals surface area contributed by atoms with Gasteiger partial charge in [-0.3, -0.25) is 0 Å². The predicted molar refractivity (Wildman–Crippen MR) is 67.7 cm³/mol. The Balaban J connectivity index is 3.07. The number of aliphatic hydroxyl groups is 1. The fourth-order valence-corrected chi connectivity index (χ4v) is 1.93. The molecule has 0 heterocycles. The minimum Gasteiger partial charge on any atom is -0.493 e. The van der Waals surface area contributed by atoms with Crippen molar-refractivity contribution in [2.75, 3.05) is 27.4 Å². The molecule has 0 amide bonds. The summed E-state index contributed by atoms with van der Waals surface area (Å²) in [5, 5.41) is 12.4. The third kappa shape index (κ3) is 3.35. The zero-order valence-electron chi connectivity index (χ0n) is 10.7. The molecule has 1 aromatic rings. The van der Waals surface area contributed by atoms with E-state index in [0.717, 1.165) is 17.9 Å². The summed E-state index contributed by atoms with van der Waals surface area (Å²) in [6.07, 6.45) is 0.650. The first-order valence-electron chi connectivity index (χ1n) is 5.83. The van der Waals surface area contributed by atoms with Gasteiger partial charge in [0.15, 0.2) is 11.5 Å². The van der Waals surface area contributed by atoms with Gasteiger partial charge in [0.1, 0.15) is 0 Å². The molecule has 0 aliphatic carbocycles. The van der Waals surface area contributed by atoms with Gasteiger partial charge in [0, 0.05) is 18.2 Å². The predicted octanol–water partition coefficient (Wildman–Crippen LogP) is 1.74. The van der Waals surface area contributed by atoms with E-state index in [9.17, 15) is 0 Å². The Morgan fingerprint density at radius 3 is 2.59 bits per heavy atom. The van der Waals surface area contributed by atoms with Crippen molar-refractivity contribution in [2.24, 2.45) is 0 Å². The van der Waals surface area contributed by atoms with Crippen molar-refractivity contribution in [3.8, 4) is 11.5 Å². The third-order valence-electron chi connectivity index (χ3n) is 2.68. The second-order valence-electron chi connectivity index (χ2n) is 3.71. The molecule has 0 aliphatic rings. The third-order valence-corrected chi connectivity index (χ3v) is 2.68. The van der Waals surface area contributed by atoms with Crippen LogP contribution < -0.4 is 14.8 Å². The van der Waals surface area contributed by atoms with Gasteiger partial charge in [-0.25, -0.2) is 0 Å². The van der Waals surface area contributed by atoms with E-state index < -0.39 is 0 Å². The van der Waals surface area contributed by atoms with E-state index in [1.54, 1.807) is 14.2 Å². The van der Waals surface area contributed by atoms with Gasteiger partial charge in [0.05, 0.1) is 14.2 Å². The van der Waals surface area contributed by atoms with Gasteiger partial charge in [-0.1, -0.05) is 19.1 Å². The number of benzene rings is 1. The molecular formula is C13H21NO3. The molecule has 0 fully saturated rings. The molecule has 4 heteroatoms. The Morgan fingerprint density at radius 2 is 2.06 bits per heavy atom. The Hall–Kier alpha value is -1.26. The Kier molecular flexibility index (Phi) is 5.80. The van der Waals surface area contributed by atoms with Crippen LogP contribution in [0.2, 0.25) is 0 Å². The van der Waals surface area contributed by atoms with Gasteiger partial charge in [0.25, 0.3) is 0 Å². The lowest BCUT2D eigenvalue weighted by Gasteiger charge is -2.21. The quantitative estimate of drug-likeness (QED) is 0.761. The second kappa shape index (κ2) is 7.14. The molecular weight excluding hydrogens is 218 g/mol. The first-order chi connectivity index (χ1) is 8.28. The average Bonchev–Trinajstić information content (AvgIpc) is 2.37. The molecule has 1 unspecified atom stereocenters. The SMILES string of the molecule is CCNC(CCO)c1cccc(OC)c1OC. The highest BCUT2D eigenvalue weighted by Crippen LogP contribution is 2.35. The monoisotopic (exact) mass is 239 g/mol. The molecule has 4 nitrogen and oxygen atoms in total. The molecule has 0 aromatic heterocycles. The lowest BCUT2D eigenvalue weighted by molar-refractivity contribution is 0.263. The summed E-state index contributed by atoms with van der Waals surface area (Å²) >= 11 is 0. The highest BCUT2D eigenvalue weighted by molar-refractivity contribution is 5.48. The van der Waals surface area contributed by atoms with E-state index in [2.05, 4.69) is 5.32 Å². The van der Waals surface area contributed by atoms with E-state index in [0.29, 0.717) is 12.2 Å². The fourth-order valence-electron chi connectivity index (χ4n) is 1.93. The summed E-state index contributed by atoms with van der Waals surface area (Å²) in [6.45, 7) is 3.01.